The second kappa shape index (κ2) is 10.5. The Bertz CT molecular complexity index is 1260. The van der Waals surface area contributed by atoms with E-state index in [1.165, 1.54) is 0 Å². The van der Waals surface area contributed by atoms with Crippen molar-refractivity contribution < 1.29 is 22.7 Å². The maximum Gasteiger partial charge on any atom is 0.243 e. The van der Waals surface area contributed by atoms with Gasteiger partial charge in [0.15, 0.2) is 0 Å². The number of benzene rings is 2. The molecule has 34 heavy (non-hydrogen) atoms. The zero-order chi connectivity index (χ0) is 24.1. The third kappa shape index (κ3) is 5.20. The summed E-state index contributed by atoms with van der Waals surface area (Å²) < 4.78 is 40.1. The summed E-state index contributed by atoms with van der Waals surface area (Å²) in [7, 11) is -0.288. The second-order valence-corrected chi connectivity index (χ2v) is 10.3. The van der Waals surface area contributed by atoms with Crippen LogP contribution in [0.3, 0.4) is 0 Å². The molecule has 0 atom stereocenters. The van der Waals surface area contributed by atoms with Gasteiger partial charge in [-0.2, -0.15) is 4.31 Å². The number of hydrogen-bond acceptors (Lipinski definition) is 5. The lowest BCUT2D eigenvalue weighted by molar-refractivity contribution is -0.121. The van der Waals surface area contributed by atoms with E-state index >= 15 is 0 Å². The Morgan fingerprint density at radius 1 is 1.00 bits per heavy atom. The average molecular weight is 486 g/mol. The number of methoxy groups -OCH3 is 2. The van der Waals surface area contributed by atoms with Crippen molar-refractivity contribution in [2.75, 3.05) is 27.3 Å². The Balaban J connectivity index is 1.39. The zero-order valence-electron chi connectivity index (χ0n) is 19.6. The van der Waals surface area contributed by atoms with E-state index in [1.807, 2.05) is 41.1 Å². The number of rotatable bonds is 9. The molecular formula is C25H31N3O5S. The number of carbonyl (C=O) groups excluding carboxylic acids is 1. The number of carbonyl (C=O) groups is 1. The summed E-state index contributed by atoms with van der Waals surface area (Å²) in [6.45, 7) is 1.99. The Morgan fingerprint density at radius 2 is 1.79 bits per heavy atom. The molecule has 1 N–H and O–H groups in total. The molecule has 0 saturated carbocycles. The fraction of sp³-hybridized carbons (Fsp3) is 0.400. The van der Waals surface area contributed by atoms with E-state index in [9.17, 15) is 13.2 Å². The van der Waals surface area contributed by atoms with E-state index in [-0.39, 0.29) is 5.91 Å². The maximum atomic E-state index is 13.0. The van der Waals surface area contributed by atoms with Crippen molar-refractivity contribution in [2.24, 2.45) is 0 Å². The fourth-order valence-corrected chi connectivity index (χ4v) is 5.87. The number of aromatic nitrogens is 1. The minimum atomic E-state index is -3.47. The Kier molecular flexibility index (Phi) is 7.43. The van der Waals surface area contributed by atoms with Crippen LogP contribution in [0.5, 0.6) is 11.5 Å². The van der Waals surface area contributed by atoms with Gasteiger partial charge in [0.25, 0.3) is 0 Å². The Morgan fingerprint density at radius 3 is 2.53 bits per heavy atom. The largest absolute Gasteiger partial charge is 0.497 e. The molecule has 2 heterocycles. The third-order valence-electron chi connectivity index (χ3n) is 6.24. The number of nitrogens with one attached hydrogen (secondary N) is 1. The minimum absolute atomic E-state index is 0.0870. The molecule has 0 unspecified atom stereocenters. The van der Waals surface area contributed by atoms with E-state index in [0.29, 0.717) is 49.0 Å². The lowest BCUT2D eigenvalue weighted by Gasteiger charge is -2.25. The number of hydrogen-bond donors (Lipinski definition) is 1. The van der Waals surface area contributed by atoms with Crippen LogP contribution in [0.15, 0.2) is 53.6 Å². The summed E-state index contributed by atoms with van der Waals surface area (Å²) >= 11 is 0. The predicted molar refractivity (Wildman–Crippen MR) is 131 cm³/mol. The van der Waals surface area contributed by atoms with Crippen molar-refractivity contribution in [3.63, 3.8) is 0 Å². The summed E-state index contributed by atoms with van der Waals surface area (Å²) in [5, 5.41) is 3.78. The van der Waals surface area contributed by atoms with Crippen LogP contribution in [-0.4, -0.2) is 50.5 Å². The molecule has 1 aromatic heterocycles. The first-order valence-corrected chi connectivity index (χ1v) is 12.9. The van der Waals surface area contributed by atoms with Gasteiger partial charge in [0.2, 0.25) is 15.9 Å². The SMILES string of the molecule is COc1ccc(OC)c(CNC(=O)CCn2ccc3cc(S(=O)(=O)N4CCCCC4)ccc32)c1. The third-order valence-corrected chi connectivity index (χ3v) is 8.13. The van der Waals surface area contributed by atoms with Crippen molar-refractivity contribution in [2.45, 2.75) is 43.7 Å². The zero-order valence-corrected chi connectivity index (χ0v) is 20.4. The first kappa shape index (κ1) is 24.1. The molecule has 1 amide bonds. The first-order valence-electron chi connectivity index (χ1n) is 11.5. The molecule has 1 aliphatic rings. The lowest BCUT2D eigenvalue weighted by Crippen LogP contribution is -2.35. The van der Waals surface area contributed by atoms with Crippen molar-refractivity contribution in [3.05, 3.63) is 54.2 Å². The molecule has 0 spiro atoms. The van der Waals surface area contributed by atoms with E-state index in [0.717, 1.165) is 35.7 Å². The van der Waals surface area contributed by atoms with Crippen LogP contribution in [0.2, 0.25) is 0 Å². The highest BCUT2D eigenvalue weighted by molar-refractivity contribution is 7.89. The molecule has 1 fully saturated rings. The van der Waals surface area contributed by atoms with Gasteiger partial charge in [-0.05, 0) is 55.3 Å². The molecule has 0 bridgehead atoms. The minimum Gasteiger partial charge on any atom is -0.497 e. The van der Waals surface area contributed by atoms with E-state index in [4.69, 9.17) is 9.47 Å². The number of fused-ring (bicyclic) bond motifs is 1. The highest BCUT2D eigenvalue weighted by atomic mass is 32.2. The van der Waals surface area contributed by atoms with Crippen LogP contribution in [0.4, 0.5) is 0 Å². The monoisotopic (exact) mass is 485 g/mol. The summed E-state index contributed by atoms with van der Waals surface area (Å²) in [6, 6.07) is 12.6. The molecular weight excluding hydrogens is 454 g/mol. The smallest absolute Gasteiger partial charge is 0.243 e. The highest BCUT2D eigenvalue weighted by Gasteiger charge is 2.26. The summed E-state index contributed by atoms with van der Waals surface area (Å²) in [6.07, 6.45) is 5.08. The van der Waals surface area contributed by atoms with Crippen LogP contribution in [0, 0.1) is 0 Å². The quantitative estimate of drug-likeness (QED) is 0.501. The number of piperidine rings is 1. The van der Waals surface area contributed by atoms with Crippen LogP contribution in [0.1, 0.15) is 31.2 Å². The Labute approximate surface area is 200 Å². The average Bonchev–Trinajstić information content (AvgIpc) is 3.28. The molecule has 0 aliphatic carbocycles. The maximum absolute atomic E-state index is 13.0. The molecule has 4 rings (SSSR count). The van der Waals surface area contributed by atoms with Gasteiger partial charge >= 0.3 is 0 Å². The highest BCUT2D eigenvalue weighted by Crippen LogP contribution is 2.26. The van der Waals surface area contributed by atoms with Crippen LogP contribution >= 0.6 is 0 Å². The Hall–Kier alpha value is -3.04. The first-order chi connectivity index (χ1) is 16.4. The number of amides is 1. The number of aryl methyl sites for hydroxylation is 1. The van der Waals surface area contributed by atoms with Gasteiger partial charge in [-0.3, -0.25) is 4.79 Å². The van der Waals surface area contributed by atoms with Crippen molar-refractivity contribution in [1.29, 1.82) is 0 Å². The lowest BCUT2D eigenvalue weighted by atomic mass is 10.2. The van der Waals surface area contributed by atoms with E-state index < -0.39 is 10.0 Å². The standard InChI is InChI=1S/C25H31N3O5S/c1-32-21-6-9-24(33-2)20(16-21)18-26-25(29)11-15-27-14-10-19-17-22(7-8-23(19)27)34(30,31)28-12-4-3-5-13-28/h6-10,14,16-17H,3-5,11-13,15,18H2,1-2H3,(H,26,29). The van der Waals surface area contributed by atoms with Crippen LogP contribution in [0.25, 0.3) is 10.9 Å². The molecule has 1 saturated heterocycles. The second-order valence-electron chi connectivity index (χ2n) is 8.40. The fourth-order valence-electron chi connectivity index (χ4n) is 4.31. The molecule has 8 nitrogen and oxygen atoms in total. The van der Waals surface area contributed by atoms with Gasteiger partial charge in [-0.1, -0.05) is 6.42 Å². The van der Waals surface area contributed by atoms with Crippen LogP contribution in [-0.2, 0) is 27.9 Å². The molecule has 182 valence electrons. The van der Waals surface area contributed by atoms with Gasteiger partial charge in [0, 0.05) is 55.3 Å². The van der Waals surface area contributed by atoms with E-state index in [2.05, 4.69) is 5.32 Å². The van der Waals surface area contributed by atoms with E-state index in [1.54, 1.807) is 30.7 Å². The molecule has 1 aliphatic heterocycles. The summed E-state index contributed by atoms with van der Waals surface area (Å²) in [5.74, 6) is 1.30. The summed E-state index contributed by atoms with van der Waals surface area (Å²) in [4.78, 5) is 12.8. The van der Waals surface area contributed by atoms with Crippen molar-refractivity contribution >= 4 is 26.8 Å². The molecule has 0 radical (unpaired) electrons. The molecule has 2 aromatic carbocycles. The molecule has 3 aromatic rings. The van der Waals surface area contributed by atoms with Crippen molar-refractivity contribution in [1.82, 2.24) is 14.2 Å². The normalized spacial score (nSPS) is 14.8. The number of sulfonamides is 1. The molecule has 9 heteroatoms. The summed E-state index contributed by atoms with van der Waals surface area (Å²) in [5.41, 5.74) is 1.74. The topological polar surface area (TPSA) is 89.9 Å². The van der Waals surface area contributed by atoms with Gasteiger partial charge in [0.05, 0.1) is 19.1 Å². The van der Waals surface area contributed by atoms with Crippen LogP contribution < -0.4 is 14.8 Å². The van der Waals surface area contributed by atoms with Gasteiger partial charge < -0.3 is 19.4 Å². The number of nitrogens with zero attached hydrogens (tertiary/aromatic N) is 2. The number of ether oxygens (including phenoxy) is 2. The van der Waals surface area contributed by atoms with Gasteiger partial charge in [-0.15, -0.1) is 0 Å². The van der Waals surface area contributed by atoms with Crippen molar-refractivity contribution in [3.8, 4) is 11.5 Å². The predicted octanol–water partition coefficient (Wildman–Crippen LogP) is 3.54. The van der Waals surface area contributed by atoms with Gasteiger partial charge in [0.1, 0.15) is 11.5 Å². The van der Waals surface area contributed by atoms with Gasteiger partial charge in [-0.25, -0.2) is 8.42 Å².